The molecule has 0 radical (unpaired) electrons. The highest BCUT2D eigenvalue weighted by Gasteiger charge is 2.31. The highest BCUT2D eigenvalue weighted by Crippen LogP contribution is 2.49. The molecule has 0 aliphatic carbocycles. The average molecular weight is 326 g/mol. The first-order chi connectivity index (χ1) is 12.1. The summed E-state index contributed by atoms with van der Waals surface area (Å²) >= 11 is 0. The van der Waals surface area contributed by atoms with Crippen molar-refractivity contribution in [1.82, 2.24) is 0 Å². The summed E-state index contributed by atoms with van der Waals surface area (Å²) in [6.07, 6.45) is 2.22. The molecular weight excluding hydrogens is 306 g/mol. The lowest BCUT2D eigenvalue weighted by atomic mass is 9.90. The predicted molar refractivity (Wildman–Crippen MR) is 102 cm³/mol. The molecule has 122 valence electrons. The number of aryl methyl sites for hydroxylation is 4. The average Bonchev–Trinajstić information content (AvgIpc) is 2.60. The fraction of sp³-hybridized carbons (Fsp3) is 0.174. The van der Waals surface area contributed by atoms with E-state index in [9.17, 15) is 0 Å². The Morgan fingerprint density at radius 2 is 1.68 bits per heavy atom. The maximum atomic E-state index is 6.47. The van der Waals surface area contributed by atoms with E-state index in [4.69, 9.17) is 4.74 Å². The number of pyridine rings is 1. The molecule has 4 aromatic rings. The van der Waals surface area contributed by atoms with Crippen LogP contribution in [-0.2, 0) is 7.05 Å². The number of rotatable bonds is 0. The molecule has 2 heteroatoms. The minimum Gasteiger partial charge on any atom is -0.455 e. The molecule has 0 spiro atoms. The first kappa shape index (κ1) is 14.5. The van der Waals surface area contributed by atoms with E-state index in [2.05, 4.69) is 81.0 Å². The van der Waals surface area contributed by atoms with Crippen molar-refractivity contribution in [2.24, 2.45) is 7.05 Å². The third-order valence-electron chi connectivity index (χ3n) is 5.48. The number of nitrogens with zero attached hydrogens (tertiary/aromatic N) is 1. The van der Waals surface area contributed by atoms with Gasteiger partial charge in [0.25, 0.3) is 0 Å². The van der Waals surface area contributed by atoms with Gasteiger partial charge in [0.15, 0.2) is 6.20 Å². The Bertz CT molecular complexity index is 1200. The largest absolute Gasteiger partial charge is 0.455 e. The molecule has 0 amide bonds. The van der Waals surface area contributed by atoms with Gasteiger partial charge in [-0.15, -0.1) is 0 Å². The molecule has 5 rings (SSSR count). The third-order valence-corrected chi connectivity index (χ3v) is 5.48. The highest BCUT2D eigenvalue weighted by atomic mass is 16.5. The molecule has 2 heterocycles. The third kappa shape index (κ3) is 1.82. The van der Waals surface area contributed by atoms with Crippen molar-refractivity contribution in [2.75, 3.05) is 0 Å². The Hall–Kier alpha value is -2.87. The molecule has 3 aromatic carbocycles. The SMILES string of the molecule is Cc1ccc2c(C)c[n+](C)c3c2c1Oc1cc2ccccc2c(C)c1-3. The van der Waals surface area contributed by atoms with Crippen molar-refractivity contribution in [3.63, 3.8) is 0 Å². The first-order valence-electron chi connectivity index (χ1n) is 8.69. The van der Waals surface area contributed by atoms with E-state index in [-0.39, 0.29) is 0 Å². The zero-order valence-electron chi connectivity index (χ0n) is 15.0. The number of hydrogen-bond acceptors (Lipinski definition) is 1. The predicted octanol–water partition coefficient (Wildman–Crippen LogP) is 5.52. The van der Waals surface area contributed by atoms with Crippen LogP contribution in [0.15, 0.2) is 48.7 Å². The molecule has 1 aromatic heterocycles. The molecule has 25 heavy (non-hydrogen) atoms. The summed E-state index contributed by atoms with van der Waals surface area (Å²) in [6.45, 7) is 6.50. The summed E-state index contributed by atoms with van der Waals surface area (Å²) in [5.74, 6) is 1.95. The number of fused-ring (bicyclic) bond motifs is 3. The zero-order chi connectivity index (χ0) is 17.3. The lowest BCUT2D eigenvalue weighted by Crippen LogP contribution is -2.32. The van der Waals surface area contributed by atoms with Gasteiger partial charge in [0.2, 0.25) is 5.69 Å². The molecule has 0 unspecified atom stereocenters. The van der Waals surface area contributed by atoms with Gasteiger partial charge >= 0.3 is 0 Å². The molecule has 0 fully saturated rings. The minimum atomic E-state index is 0.957. The summed E-state index contributed by atoms with van der Waals surface area (Å²) < 4.78 is 8.72. The van der Waals surface area contributed by atoms with Crippen LogP contribution in [0.25, 0.3) is 32.8 Å². The second-order valence-corrected chi connectivity index (χ2v) is 7.10. The first-order valence-corrected chi connectivity index (χ1v) is 8.69. The van der Waals surface area contributed by atoms with Crippen LogP contribution in [0.3, 0.4) is 0 Å². The van der Waals surface area contributed by atoms with Crippen LogP contribution in [0.5, 0.6) is 11.5 Å². The van der Waals surface area contributed by atoms with Crippen molar-refractivity contribution in [3.05, 3.63) is 65.4 Å². The zero-order valence-corrected chi connectivity index (χ0v) is 15.0. The number of ether oxygens (including phenoxy) is 1. The second kappa shape index (κ2) is 4.82. The van der Waals surface area contributed by atoms with Gasteiger partial charge in [0.1, 0.15) is 18.5 Å². The van der Waals surface area contributed by atoms with Gasteiger partial charge in [0.05, 0.1) is 10.9 Å². The lowest BCUT2D eigenvalue weighted by molar-refractivity contribution is -0.659. The van der Waals surface area contributed by atoms with Crippen LogP contribution < -0.4 is 9.30 Å². The molecule has 0 N–H and O–H groups in total. The molecule has 2 nitrogen and oxygen atoms in total. The van der Waals surface area contributed by atoms with Crippen molar-refractivity contribution in [1.29, 1.82) is 0 Å². The standard InChI is InChI=1S/C23H20NO/c1-13-9-10-17-14(2)12-24(4)22-20-15(3)18-8-6-5-7-16(18)11-19(20)25-23(13)21(17)22/h5-12H,1-4H3/q+1. The van der Waals surface area contributed by atoms with Crippen LogP contribution in [0, 0.1) is 20.8 Å². The van der Waals surface area contributed by atoms with E-state index in [1.165, 1.54) is 49.5 Å². The quantitative estimate of drug-likeness (QED) is 0.342. The highest BCUT2D eigenvalue weighted by molar-refractivity contribution is 6.06. The fourth-order valence-electron chi connectivity index (χ4n) is 4.27. The molecule has 0 saturated heterocycles. The summed E-state index contributed by atoms with van der Waals surface area (Å²) in [5, 5.41) is 5.01. The van der Waals surface area contributed by atoms with Gasteiger partial charge in [-0.2, -0.15) is 4.57 Å². The van der Waals surface area contributed by atoms with Crippen LogP contribution in [0.2, 0.25) is 0 Å². The summed E-state index contributed by atoms with van der Waals surface area (Å²) in [5.41, 5.74) is 6.19. The number of aromatic nitrogens is 1. The summed E-state index contributed by atoms with van der Waals surface area (Å²) in [4.78, 5) is 0. The molecule has 1 aliphatic heterocycles. The van der Waals surface area contributed by atoms with Crippen molar-refractivity contribution >= 4 is 21.5 Å². The number of benzene rings is 3. The maximum absolute atomic E-state index is 6.47. The van der Waals surface area contributed by atoms with Crippen molar-refractivity contribution in [2.45, 2.75) is 20.8 Å². The normalized spacial score (nSPS) is 12.3. The lowest BCUT2D eigenvalue weighted by Gasteiger charge is -2.23. The summed E-state index contributed by atoms with van der Waals surface area (Å²) in [6, 6.07) is 15.1. The van der Waals surface area contributed by atoms with Gasteiger partial charge in [-0.1, -0.05) is 36.4 Å². The second-order valence-electron chi connectivity index (χ2n) is 7.10. The van der Waals surface area contributed by atoms with Crippen LogP contribution >= 0.6 is 0 Å². The Morgan fingerprint density at radius 3 is 2.52 bits per heavy atom. The van der Waals surface area contributed by atoms with Gasteiger partial charge in [-0.25, -0.2) is 0 Å². The molecule has 0 saturated carbocycles. The minimum absolute atomic E-state index is 0.957. The van der Waals surface area contributed by atoms with E-state index >= 15 is 0 Å². The van der Waals surface area contributed by atoms with Gasteiger partial charge in [-0.3, -0.25) is 0 Å². The van der Waals surface area contributed by atoms with Crippen LogP contribution in [0.1, 0.15) is 16.7 Å². The van der Waals surface area contributed by atoms with Crippen molar-refractivity contribution < 1.29 is 9.30 Å². The topological polar surface area (TPSA) is 13.1 Å². The molecule has 0 atom stereocenters. The smallest absolute Gasteiger partial charge is 0.228 e. The van der Waals surface area contributed by atoms with E-state index < -0.39 is 0 Å². The van der Waals surface area contributed by atoms with Crippen molar-refractivity contribution in [3.8, 4) is 22.8 Å². The van der Waals surface area contributed by atoms with Gasteiger partial charge < -0.3 is 4.74 Å². The van der Waals surface area contributed by atoms with Crippen LogP contribution in [0.4, 0.5) is 0 Å². The molecular formula is C23H20NO+. The van der Waals surface area contributed by atoms with E-state index in [1.54, 1.807) is 0 Å². The van der Waals surface area contributed by atoms with E-state index in [1.807, 2.05) is 0 Å². The van der Waals surface area contributed by atoms with Crippen LogP contribution in [-0.4, -0.2) is 0 Å². The fourth-order valence-corrected chi connectivity index (χ4v) is 4.27. The Balaban J connectivity index is 2.04. The maximum Gasteiger partial charge on any atom is 0.228 e. The molecule has 1 aliphatic rings. The Kier molecular flexibility index (Phi) is 2.79. The monoisotopic (exact) mass is 326 g/mol. The van der Waals surface area contributed by atoms with E-state index in [0.29, 0.717) is 0 Å². The Morgan fingerprint density at radius 1 is 0.880 bits per heavy atom. The van der Waals surface area contributed by atoms with E-state index in [0.717, 1.165) is 11.5 Å². The Labute approximate surface area is 147 Å². The van der Waals surface area contributed by atoms with Gasteiger partial charge in [-0.05, 0) is 48.7 Å². The number of hydrogen-bond donors (Lipinski definition) is 0. The summed E-state index contributed by atoms with van der Waals surface area (Å²) in [7, 11) is 2.14. The van der Waals surface area contributed by atoms with Gasteiger partial charge in [0, 0.05) is 10.9 Å². The molecule has 0 bridgehead atoms.